The fourth-order valence-electron chi connectivity index (χ4n) is 1.06. The highest BCUT2D eigenvalue weighted by Gasteiger charge is 1.90. The molecule has 0 atom stereocenters. The van der Waals surface area contributed by atoms with Crippen molar-refractivity contribution < 1.29 is 4.74 Å². The molecule has 0 spiro atoms. The molecule has 74 valence electrons. The molecule has 2 heteroatoms. The van der Waals surface area contributed by atoms with Crippen LogP contribution < -0.4 is 10.1 Å². The van der Waals surface area contributed by atoms with Gasteiger partial charge in [-0.15, -0.1) is 6.42 Å². The van der Waals surface area contributed by atoms with E-state index in [4.69, 9.17) is 11.2 Å². The number of rotatable bonds is 6. The Morgan fingerprint density at radius 3 is 2.79 bits per heavy atom. The second kappa shape index (κ2) is 6.99. The average molecular weight is 189 g/mol. The Kier molecular flexibility index (Phi) is 5.30. The third kappa shape index (κ3) is 4.54. The van der Waals surface area contributed by atoms with Crippen LogP contribution in [0.25, 0.3) is 0 Å². The van der Waals surface area contributed by atoms with Crippen LogP contribution in [-0.4, -0.2) is 19.7 Å². The Labute approximate surface area is 85.3 Å². The van der Waals surface area contributed by atoms with Gasteiger partial charge in [-0.2, -0.15) is 0 Å². The van der Waals surface area contributed by atoms with Gasteiger partial charge in [0, 0.05) is 0 Å². The predicted octanol–water partition coefficient (Wildman–Crippen LogP) is 1.68. The first kappa shape index (κ1) is 10.6. The molecular formula is C12H15NO. The normalized spacial score (nSPS) is 9.36. The van der Waals surface area contributed by atoms with Gasteiger partial charge >= 0.3 is 0 Å². The van der Waals surface area contributed by atoms with Crippen LogP contribution in [0.1, 0.15) is 6.42 Å². The SMILES string of the molecule is C#CCNCCCOc1ccccc1. The number of benzene rings is 1. The van der Waals surface area contributed by atoms with Gasteiger partial charge in [0.2, 0.25) is 0 Å². The lowest BCUT2D eigenvalue weighted by Crippen LogP contribution is -2.17. The van der Waals surface area contributed by atoms with Gasteiger partial charge in [0.25, 0.3) is 0 Å². The van der Waals surface area contributed by atoms with E-state index in [1.165, 1.54) is 0 Å². The molecule has 0 amide bonds. The van der Waals surface area contributed by atoms with Gasteiger partial charge < -0.3 is 10.1 Å². The number of terminal acetylenes is 1. The van der Waals surface area contributed by atoms with E-state index in [2.05, 4.69) is 11.2 Å². The largest absolute Gasteiger partial charge is 0.494 e. The van der Waals surface area contributed by atoms with Crippen LogP contribution in [0.5, 0.6) is 5.75 Å². The molecule has 2 nitrogen and oxygen atoms in total. The first-order valence-electron chi connectivity index (χ1n) is 4.75. The summed E-state index contributed by atoms with van der Waals surface area (Å²) in [5, 5.41) is 3.11. The Morgan fingerprint density at radius 1 is 1.29 bits per heavy atom. The van der Waals surface area contributed by atoms with E-state index >= 15 is 0 Å². The topological polar surface area (TPSA) is 21.3 Å². The fraction of sp³-hybridized carbons (Fsp3) is 0.333. The summed E-state index contributed by atoms with van der Waals surface area (Å²) >= 11 is 0. The van der Waals surface area contributed by atoms with Gasteiger partial charge in [0.05, 0.1) is 13.2 Å². The van der Waals surface area contributed by atoms with Crippen molar-refractivity contribution in [1.82, 2.24) is 5.32 Å². The Bertz CT molecular complexity index is 276. The Balaban J connectivity index is 2.03. The average Bonchev–Trinajstić information content (AvgIpc) is 2.25. The van der Waals surface area contributed by atoms with Crippen LogP contribution in [0.3, 0.4) is 0 Å². The maximum absolute atomic E-state index is 5.49. The molecule has 0 aliphatic rings. The van der Waals surface area contributed by atoms with E-state index in [1.807, 2.05) is 30.3 Å². The highest BCUT2D eigenvalue weighted by atomic mass is 16.5. The van der Waals surface area contributed by atoms with Crippen LogP contribution >= 0.6 is 0 Å². The van der Waals surface area contributed by atoms with Gasteiger partial charge in [0.15, 0.2) is 0 Å². The third-order valence-corrected chi connectivity index (χ3v) is 1.74. The third-order valence-electron chi connectivity index (χ3n) is 1.74. The molecule has 1 rings (SSSR count). The molecule has 0 unspecified atom stereocenters. The van der Waals surface area contributed by atoms with E-state index in [9.17, 15) is 0 Å². The van der Waals surface area contributed by atoms with E-state index < -0.39 is 0 Å². The van der Waals surface area contributed by atoms with Crippen molar-refractivity contribution in [2.45, 2.75) is 6.42 Å². The van der Waals surface area contributed by atoms with Gasteiger partial charge in [-0.25, -0.2) is 0 Å². The summed E-state index contributed by atoms with van der Waals surface area (Å²) in [5.41, 5.74) is 0. The number of hydrogen-bond acceptors (Lipinski definition) is 2. The molecule has 0 aliphatic heterocycles. The molecule has 0 bridgehead atoms. The standard InChI is InChI=1S/C12H15NO/c1-2-9-13-10-6-11-14-12-7-4-3-5-8-12/h1,3-5,7-8,13H,6,9-11H2. The molecule has 1 N–H and O–H groups in total. The van der Waals surface area contributed by atoms with Crippen molar-refractivity contribution in [3.63, 3.8) is 0 Å². The lowest BCUT2D eigenvalue weighted by molar-refractivity contribution is 0.309. The zero-order valence-electron chi connectivity index (χ0n) is 8.20. The summed E-state index contributed by atoms with van der Waals surface area (Å²) in [6.45, 7) is 2.25. The molecule has 0 saturated heterocycles. The molecular weight excluding hydrogens is 174 g/mol. The smallest absolute Gasteiger partial charge is 0.119 e. The molecule has 14 heavy (non-hydrogen) atoms. The second-order valence-corrected chi connectivity index (χ2v) is 2.90. The molecule has 0 radical (unpaired) electrons. The first-order valence-corrected chi connectivity index (χ1v) is 4.75. The molecule has 0 saturated carbocycles. The van der Waals surface area contributed by atoms with E-state index in [-0.39, 0.29) is 0 Å². The minimum atomic E-state index is 0.630. The van der Waals surface area contributed by atoms with Crippen molar-refractivity contribution in [2.75, 3.05) is 19.7 Å². The van der Waals surface area contributed by atoms with Crippen molar-refractivity contribution in [2.24, 2.45) is 0 Å². The van der Waals surface area contributed by atoms with Crippen LogP contribution in [-0.2, 0) is 0 Å². The minimum Gasteiger partial charge on any atom is -0.494 e. The summed E-state index contributed by atoms with van der Waals surface area (Å²) in [6.07, 6.45) is 6.06. The predicted molar refractivity (Wildman–Crippen MR) is 58.3 cm³/mol. The van der Waals surface area contributed by atoms with Gasteiger partial charge in [-0.1, -0.05) is 24.1 Å². The van der Waals surface area contributed by atoms with Crippen molar-refractivity contribution in [3.8, 4) is 18.1 Å². The molecule has 0 heterocycles. The zero-order chi connectivity index (χ0) is 10.1. The number of nitrogens with one attached hydrogen (secondary N) is 1. The summed E-state index contributed by atoms with van der Waals surface area (Å²) < 4.78 is 5.49. The maximum atomic E-state index is 5.49. The van der Waals surface area contributed by atoms with Gasteiger partial charge in [-0.3, -0.25) is 0 Å². The molecule has 0 fully saturated rings. The van der Waals surface area contributed by atoms with Gasteiger partial charge in [0.1, 0.15) is 5.75 Å². The van der Waals surface area contributed by atoms with E-state index in [1.54, 1.807) is 0 Å². The van der Waals surface area contributed by atoms with Crippen molar-refractivity contribution in [1.29, 1.82) is 0 Å². The van der Waals surface area contributed by atoms with E-state index in [0.717, 1.165) is 25.3 Å². The molecule has 1 aromatic rings. The second-order valence-electron chi connectivity index (χ2n) is 2.90. The highest BCUT2D eigenvalue weighted by molar-refractivity contribution is 5.20. The summed E-state index contributed by atoms with van der Waals surface area (Å²) in [5.74, 6) is 3.45. The fourth-order valence-corrected chi connectivity index (χ4v) is 1.06. The van der Waals surface area contributed by atoms with Crippen LogP contribution in [0.4, 0.5) is 0 Å². The zero-order valence-corrected chi connectivity index (χ0v) is 8.20. The minimum absolute atomic E-state index is 0.630. The number of hydrogen-bond donors (Lipinski definition) is 1. The first-order chi connectivity index (χ1) is 6.93. The lowest BCUT2D eigenvalue weighted by Gasteiger charge is -2.05. The monoisotopic (exact) mass is 189 g/mol. The quantitative estimate of drug-likeness (QED) is 0.543. The highest BCUT2D eigenvalue weighted by Crippen LogP contribution is 2.07. The maximum Gasteiger partial charge on any atom is 0.119 e. The van der Waals surface area contributed by atoms with Gasteiger partial charge in [-0.05, 0) is 25.1 Å². The van der Waals surface area contributed by atoms with Crippen LogP contribution in [0, 0.1) is 12.3 Å². The Hall–Kier alpha value is -1.46. The lowest BCUT2D eigenvalue weighted by atomic mass is 10.3. The summed E-state index contributed by atoms with van der Waals surface area (Å²) in [6, 6.07) is 9.81. The molecule has 0 aliphatic carbocycles. The van der Waals surface area contributed by atoms with Crippen LogP contribution in [0.2, 0.25) is 0 Å². The van der Waals surface area contributed by atoms with Crippen molar-refractivity contribution >= 4 is 0 Å². The summed E-state index contributed by atoms with van der Waals surface area (Å²) in [7, 11) is 0. The Morgan fingerprint density at radius 2 is 2.07 bits per heavy atom. The summed E-state index contributed by atoms with van der Waals surface area (Å²) in [4.78, 5) is 0. The van der Waals surface area contributed by atoms with Crippen molar-refractivity contribution in [3.05, 3.63) is 30.3 Å². The number of ether oxygens (including phenoxy) is 1. The van der Waals surface area contributed by atoms with Crippen LogP contribution in [0.15, 0.2) is 30.3 Å². The van der Waals surface area contributed by atoms with E-state index in [0.29, 0.717) is 6.54 Å². The number of para-hydroxylation sites is 1. The molecule has 1 aromatic carbocycles. The molecule has 0 aromatic heterocycles.